The normalized spacial score (nSPS) is 14.2. The average molecular weight is 525 g/mol. The molecule has 1 heterocycles. The van der Waals surface area contributed by atoms with E-state index in [4.69, 9.17) is 5.14 Å². The second-order valence-electron chi connectivity index (χ2n) is 9.41. The van der Waals surface area contributed by atoms with E-state index in [1.165, 1.54) is 25.0 Å². The van der Waals surface area contributed by atoms with Gasteiger partial charge in [-0.15, -0.1) is 0 Å². The quantitative estimate of drug-likeness (QED) is 0.219. The summed E-state index contributed by atoms with van der Waals surface area (Å²) in [6, 6.07) is 5.98. The highest BCUT2D eigenvalue weighted by atomic mass is 32.2. The lowest BCUT2D eigenvalue weighted by Crippen LogP contribution is -2.48. The fourth-order valence-electron chi connectivity index (χ4n) is 3.82. The Kier molecular flexibility index (Phi) is 12.4. The van der Waals surface area contributed by atoms with Crippen molar-refractivity contribution in [1.29, 1.82) is 0 Å². The predicted molar refractivity (Wildman–Crippen MR) is 138 cm³/mol. The van der Waals surface area contributed by atoms with Crippen LogP contribution < -0.4 is 21.1 Å². The molecule has 0 aromatic heterocycles. The van der Waals surface area contributed by atoms with Crippen molar-refractivity contribution in [3.8, 4) is 0 Å². The molecule has 0 bridgehead atoms. The van der Waals surface area contributed by atoms with Gasteiger partial charge in [0.15, 0.2) is 0 Å². The van der Waals surface area contributed by atoms with E-state index >= 15 is 0 Å². The van der Waals surface area contributed by atoms with Crippen LogP contribution in [0.2, 0.25) is 0 Å². The summed E-state index contributed by atoms with van der Waals surface area (Å²) in [7, 11) is -3.80. The number of imide groups is 1. The maximum atomic E-state index is 12.9. The van der Waals surface area contributed by atoms with Gasteiger partial charge in [0.05, 0.1) is 24.5 Å². The van der Waals surface area contributed by atoms with Crippen LogP contribution >= 0.6 is 0 Å². The van der Waals surface area contributed by atoms with Gasteiger partial charge in [-0.2, -0.15) is 0 Å². The van der Waals surface area contributed by atoms with Crippen LogP contribution in [0.4, 0.5) is 0 Å². The minimum Gasteiger partial charge on any atom is -0.346 e. The number of benzene rings is 1. The number of nitrogens with one attached hydrogen (secondary N) is 3. The molecular formula is C24H40N6O5S. The Bertz CT molecular complexity index is 962. The first-order valence-electron chi connectivity index (χ1n) is 12.4. The molecular weight excluding hydrogens is 484 g/mol. The van der Waals surface area contributed by atoms with Crippen molar-refractivity contribution in [1.82, 2.24) is 25.8 Å². The highest BCUT2D eigenvalue weighted by molar-refractivity contribution is 7.89. The second-order valence-corrected chi connectivity index (χ2v) is 11.0. The summed E-state index contributed by atoms with van der Waals surface area (Å²) >= 11 is 0. The topological polar surface area (TPSA) is 154 Å². The molecule has 1 saturated heterocycles. The summed E-state index contributed by atoms with van der Waals surface area (Å²) < 4.78 is 22.9. The van der Waals surface area contributed by atoms with E-state index in [1.807, 2.05) is 13.8 Å². The van der Waals surface area contributed by atoms with Crippen LogP contribution in [0, 0.1) is 5.92 Å². The van der Waals surface area contributed by atoms with Gasteiger partial charge in [0.1, 0.15) is 0 Å². The largest absolute Gasteiger partial charge is 0.346 e. The van der Waals surface area contributed by atoms with Gasteiger partial charge in [0.25, 0.3) is 0 Å². The Morgan fingerprint density at radius 3 is 2.25 bits per heavy atom. The zero-order valence-electron chi connectivity index (χ0n) is 21.3. The van der Waals surface area contributed by atoms with Gasteiger partial charge in [0.2, 0.25) is 27.7 Å². The molecule has 0 spiro atoms. The molecule has 0 radical (unpaired) electrons. The number of primary sulfonamides is 1. The van der Waals surface area contributed by atoms with Gasteiger partial charge < -0.3 is 20.9 Å². The summed E-state index contributed by atoms with van der Waals surface area (Å²) in [5, 5.41) is 13.8. The van der Waals surface area contributed by atoms with E-state index < -0.39 is 15.9 Å². The number of hydrogen-bond donors (Lipinski definition) is 4. The van der Waals surface area contributed by atoms with E-state index in [0.717, 1.165) is 30.1 Å². The molecule has 3 amide bonds. The first-order valence-corrected chi connectivity index (χ1v) is 14.0. The van der Waals surface area contributed by atoms with Crippen LogP contribution in [-0.2, 0) is 30.8 Å². The van der Waals surface area contributed by atoms with Crippen molar-refractivity contribution >= 4 is 27.7 Å². The molecule has 1 aromatic rings. The summed E-state index contributed by atoms with van der Waals surface area (Å²) in [5.74, 6) is -0.808. The van der Waals surface area contributed by atoms with Crippen LogP contribution in [0.5, 0.6) is 0 Å². The standard InChI is InChI=1S/C24H40N6O5S/c1-19(2)15-27-16-22(31)28-18-24(33)30(23(32)17-26-10-14-29-11-3-4-12-29)13-9-20-5-7-21(8-6-20)36(25,34)35/h5-8,19,26-27H,3-4,9-18H2,1-2H3,(H,28,31)(H2,25,34,35). The maximum Gasteiger partial charge on any atom is 0.248 e. The zero-order chi connectivity index (χ0) is 26.6. The zero-order valence-corrected chi connectivity index (χ0v) is 22.1. The molecule has 0 aliphatic carbocycles. The highest BCUT2D eigenvalue weighted by Crippen LogP contribution is 2.10. The molecule has 0 unspecified atom stereocenters. The van der Waals surface area contributed by atoms with Gasteiger partial charge in [-0.1, -0.05) is 26.0 Å². The van der Waals surface area contributed by atoms with Gasteiger partial charge >= 0.3 is 0 Å². The fraction of sp³-hybridized carbons (Fsp3) is 0.625. The lowest BCUT2D eigenvalue weighted by Gasteiger charge is -2.22. The SMILES string of the molecule is CC(C)CNCC(=O)NCC(=O)N(CCc1ccc(S(N)(=O)=O)cc1)C(=O)CNCCN1CCCC1. The summed E-state index contributed by atoms with van der Waals surface area (Å²) in [6.45, 7) is 8.26. The van der Waals surface area contributed by atoms with Gasteiger partial charge in [-0.25, -0.2) is 13.6 Å². The van der Waals surface area contributed by atoms with Gasteiger partial charge in [-0.05, 0) is 62.5 Å². The molecule has 11 nitrogen and oxygen atoms in total. The number of rotatable bonds is 15. The van der Waals surface area contributed by atoms with Crippen molar-refractivity contribution in [2.45, 2.75) is 38.0 Å². The Labute approximate surface area is 214 Å². The number of carbonyl (C=O) groups is 3. The maximum absolute atomic E-state index is 12.9. The molecule has 1 fully saturated rings. The van der Waals surface area contributed by atoms with Crippen molar-refractivity contribution in [3.05, 3.63) is 29.8 Å². The minimum absolute atomic E-state index is 0.00776. The summed E-state index contributed by atoms with van der Waals surface area (Å²) in [5.41, 5.74) is 0.747. The Balaban J connectivity index is 1.92. The van der Waals surface area contributed by atoms with E-state index in [2.05, 4.69) is 20.9 Å². The number of amides is 3. The van der Waals surface area contributed by atoms with E-state index in [0.29, 0.717) is 25.4 Å². The third-order valence-electron chi connectivity index (χ3n) is 5.83. The lowest BCUT2D eigenvalue weighted by atomic mass is 10.1. The first-order chi connectivity index (χ1) is 17.1. The smallest absolute Gasteiger partial charge is 0.248 e. The predicted octanol–water partition coefficient (Wildman–Crippen LogP) is -0.721. The van der Waals surface area contributed by atoms with E-state index in [-0.39, 0.29) is 42.9 Å². The molecule has 36 heavy (non-hydrogen) atoms. The fourth-order valence-corrected chi connectivity index (χ4v) is 4.33. The first kappa shape index (κ1) is 29.8. The number of sulfonamides is 1. The minimum atomic E-state index is -3.80. The van der Waals surface area contributed by atoms with Gasteiger partial charge in [0, 0.05) is 19.6 Å². The molecule has 0 saturated carbocycles. The van der Waals surface area contributed by atoms with E-state index in [9.17, 15) is 22.8 Å². The number of carbonyl (C=O) groups excluding carboxylic acids is 3. The van der Waals surface area contributed by atoms with E-state index in [1.54, 1.807) is 12.1 Å². The Morgan fingerprint density at radius 1 is 1.00 bits per heavy atom. The molecule has 0 atom stereocenters. The summed E-state index contributed by atoms with van der Waals surface area (Å²) in [6.07, 6.45) is 2.72. The molecule has 1 aliphatic rings. The van der Waals surface area contributed by atoms with Gasteiger partial charge in [-0.3, -0.25) is 19.3 Å². The number of likely N-dealkylation sites (tertiary alicyclic amines) is 1. The monoisotopic (exact) mass is 524 g/mol. The average Bonchev–Trinajstić information content (AvgIpc) is 3.34. The van der Waals surface area contributed by atoms with Crippen LogP contribution in [0.3, 0.4) is 0 Å². The molecule has 12 heteroatoms. The highest BCUT2D eigenvalue weighted by Gasteiger charge is 2.22. The van der Waals surface area contributed by atoms with Crippen LogP contribution in [0.25, 0.3) is 0 Å². The molecule has 5 N–H and O–H groups in total. The Morgan fingerprint density at radius 2 is 1.64 bits per heavy atom. The van der Waals surface area contributed by atoms with Crippen molar-refractivity contribution in [2.24, 2.45) is 11.1 Å². The number of hydrogen-bond acceptors (Lipinski definition) is 8. The molecule has 1 aliphatic heterocycles. The van der Waals surface area contributed by atoms with Crippen LogP contribution in [-0.4, -0.2) is 94.8 Å². The Hall–Kier alpha value is -2.38. The van der Waals surface area contributed by atoms with Crippen LogP contribution in [0.1, 0.15) is 32.3 Å². The van der Waals surface area contributed by atoms with Crippen molar-refractivity contribution in [3.63, 3.8) is 0 Å². The van der Waals surface area contributed by atoms with Crippen molar-refractivity contribution in [2.75, 3.05) is 58.9 Å². The number of nitrogens with two attached hydrogens (primary N) is 1. The molecule has 202 valence electrons. The van der Waals surface area contributed by atoms with Crippen molar-refractivity contribution < 1.29 is 22.8 Å². The lowest BCUT2D eigenvalue weighted by molar-refractivity contribution is -0.144. The number of nitrogens with zero attached hydrogens (tertiary/aromatic N) is 2. The second kappa shape index (κ2) is 15.0. The molecule has 2 rings (SSSR count). The summed E-state index contributed by atoms with van der Waals surface area (Å²) in [4.78, 5) is 41.2. The molecule has 1 aromatic carbocycles. The van der Waals surface area contributed by atoms with Crippen LogP contribution in [0.15, 0.2) is 29.2 Å². The third kappa shape index (κ3) is 11.1. The third-order valence-corrected chi connectivity index (χ3v) is 6.76.